The number of carbonyl (C=O) groups is 5. The summed E-state index contributed by atoms with van der Waals surface area (Å²) in [6, 6.07) is 6.34. The van der Waals surface area contributed by atoms with Crippen LogP contribution in [0.3, 0.4) is 0 Å². The number of ether oxygens (including phenoxy) is 6. The number of ketones is 1. The molecule has 3 rings (SSSR count). The molecule has 0 aliphatic carbocycles. The fraction of sp³-hybridized carbons (Fsp3) is 0.694. The maximum absolute atomic E-state index is 13.5. The number of benzene rings is 1. The van der Waals surface area contributed by atoms with Crippen molar-refractivity contribution in [1.82, 2.24) is 0 Å². The van der Waals surface area contributed by atoms with Crippen LogP contribution < -0.4 is 0 Å². The number of carboxylic acid groups (broad SMARTS) is 1. The Morgan fingerprint density at radius 1 is 0.792 bits per heavy atom. The number of carboxylic acids is 1. The van der Waals surface area contributed by atoms with Gasteiger partial charge in [-0.3, -0.25) is 14.4 Å². The molecule has 1 N–H and O–H groups in total. The zero-order chi connectivity index (χ0) is 36.1. The Morgan fingerprint density at radius 2 is 1.29 bits per heavy atom. The van der Waals surface area contributed by atoms with Crippen LogP contribution in [0.5, 0.6) is 0 Å². The Labute approximate surface area is 283 Å². The maximum Gasteiger partial charge on any atom is 0.339 e. The van der Waals surface area contributed by atoms with Gasteiger partial charge in [-0.1, -0.05) is 52.0 Å². The van der Waals surface area contributed by atoms with Crippen LogP contribution in [0, 0.1) is 10.8 Å². The maximum atomic E-state index is 13.5. The largest absolute Gasteiger partial charge is 0.481 e. The van der Waals surface area contributed by atoms with Crippen molar-refractivity contribution in [2.24, 2.45) is 10.8 Å². The molecule has 0 radical (unpaired) electrons. The summed E-state index contributed by atoms with van der Waals surface area (Å²) in [7, 11) is 0. The van der Waals surface area contributed by atoms with Gasteiger partial charge in [0.05, 0.1) is 6.61 Å². The highest BCUT2D eigenvalue weighted by molar-refractivity contribution is 5.99. The summed E-state index contributed by atoms with van der Waals surface area (Å²) in [5.74, 6) is -3.28. The SMILES string of the molecule is CC(OCCOC(=O)CCCC(=O)O)C(=O)c1ccc(C2OC3C(=O)OC(C)(C)CC(C)(C)CC(C)(C)CC(C)(C)OC(=O)C3O2)cc1. The van der Waals surface area contributed by atoms with Crippen molar-refractivity contribution in [2.75, 3.05) is 13.2 Å². The summed E-state index contributed by atoms with van der Waals surface area (Å²) in [5.41, 5.74) is -1.25. The van der Waals surface area contributed by atoms with Crippen LogP contribution in [0.2, 0.25) is 0 Å². The van der Waals surface area contributed by atoms with E-state index in [2.05, 4.69) is 27.7 Å². The van der Waals surface area contributed by atoms with Gasteiger partial charge in [0.2, 0.25) is 0 Å². The minimum atomic E-state index is -1.37. The standard InChI is InChI=1S/C36H52O12/c1-22(43-17-18-44-26(39)12-10-11-25(37)38)27(40)23-13-15-24(16-14-23)32-45-28-29(46-32)31(42)48-36(8,9)21-34(4,5)19-33(2,3)20-35(6,7)47-30(28)41/h13-16,22,28-29,32H,10-12,17-21H2,1-9H3,(H,37,38). The molecular weight excluding hydrogens is 624 g/mol. The van der Waals surface area contributed by atoms with Gasteiger partial charge in [-0.25, -0.2) is 9.59 Å². The van der Waals surface area contributed by atoms with Gasteiger partial charge < -0.3 is 33.5 Å². The quantitative estimate of drug-likeness (QED) is 0.131. The molecule has 1 aromatic rings. The van der Waals surface area contributed by atoms with Crippen LogP contribution in [0.4, 0.5) is 0 Å². The van der Waals surface area contributed by atoms with Gasteiger partial charge in [0.1, 0.15) is 23.9 Å². The average Bonchev–Trinajstić information content (AvgIpc) is 3.38. The monoisotopic (exact) mass is 676 g/mol. The lowest BCUT2D eigenvalue weighted by molar-refractivity contribution is -0.178. The lowest BCUT2D eigenvalue weighted by atomic mass is 9.67. The van der Waals surface area contributed by atoms with Gasteiger partial charge in [-0.2, -0.15) is 0 Å². The topological polar surface area (TPSA) is 161 Å². The van der Waals surface area contributed by atoms with Crippen molar-refractivity contribution >= 4 is 29.7 Å². The molecule has 1 aromatic carbocycles. The van der Waals surface area contributed by atoms with E-state index in [0.29, 0.717) is 24.0 Å². The predicted molar refractivity (Wildman–Crippen MR) is 173 cm³/mol. The van der Waals surface area contributed by atoms with Crippen LogP contribution in [0.15, 0.2) is 24.3 Å². The normalized spacial score (nSPS) is 25.6. The predicted octanol–water partition coefficient (Wildman–Crippen LogP) is 5.74. The first-order valence-corrected chi connectivity index (χ1v) is 16.5. The third-order valence-corrected chi connectivity index (χ3v) is 8.12. The third-order valence-electron chi connectivity index (χ3n) is 8.12. The van der Waals surface area contributed by atoms with Gasteiger partial charge in [-0.05, 0) is 71.1 Å². The zero-order valence-corrected chi connectivity index (χ0v) is 29.7. The summed E-state index contributed by atoms with van der Waals surface area (Å²) in [6.45, 7) is 17.5. The van der Waals surface area contributed by atoms with E-state index < -0.39 is 59.7 Å². The smallest absolute Gasteiger partial charge is 0.339 e. The number of cyclic esters (lactones) is 2. The van der Waals surface area contributed by atoms with E-state index in [1.165, 1.54) is 0 Å². The Bertz CT molecular complexity index is 1280. The van der Waals surface area contributed by atoms with Gasteiger partial charge >= 0.3 is 23.9 Å². The minimum Gasteiger partial charge on any atom is -0.481 e. The van der Waals surface area contributed by atoms with Gasteiger partial charge in [0.25, 0.3) is 0 Å². The van der Waals surface area contributed by atoms with E-state index in [4.69, 9.17) is 33.5 Å². The number of Topliss-reactive ketones (excluding diaryl/α,β-unsaturated/α-hetero) is 1. The molecule has 2 aliphatic heterocycles. The van der Waals surface area contributed by atoms with Gasteiger partial charge in [0.15, 0.2) is 24.3 Å². The van der Waals surface area contributed by atoms with Crippen LogP contribution >= 0.6 is 0 Å². The second-order valence-corrected chi connectivity index (χ2v) is 15.6. The van der Waals surface area contributed by atoms with Crippen molar-refractivity contribution in [2.45, 2.75) is 137 Å². The van der Waals surface area contributed by atoms with E-state index in [9.17, 15) is 24.0 Å². The minimum absolute atomic E-state index is 0.0158. The molecule has 48 heavy (non-hydrogen) atoms. The highest BCUT2D eigenvalue weighted by atomic mass is 16.8. The lowest BCUT2D eigenvalue weighted by Crippen LogP contribution is -2.45. The first-order chi connectivity index (χ1) is 22.1. The average molecular weight is 677 g/mol. The van der Waals surface area contributed by atoms with Crippen molar-refractivity contribution in [3.63, 3.8) is 0 Å². The van der Waals surface area contributed by atoms with Gasteiger partial charge in [-0.15, -0.1) is 0 Å². The molecule has 268 valence electrons. The summed E-state index contributed by atoms with van der Waals surface area (Å²) in [5, 5.41) is 8.65. The number of rotatable bonds is 11. The number of carbonyl (C=O) groups excluding carboxylic acids is 4. The Morgan fingerprint density at radius 3 is 1.77 bits per heavy atom. The lowest BCUT2D eigenvalue weighted by Gasteiger charge is -2.42. The third kappa shape index (κ3) is 11.7. The Hall–Kier alpha value is -3.35. The molecular formula is C36H52O12. The van der Waals surface area contributed by atoms with E-state index in [-0.39, 0.29) is 49.1 Å². The van der Waals surface area contributed by atoms with Crippen molar-refractivity contribution < 1.29 is 57.5 Å². The molecule has 0 bridgehead atoms. The van der Waals surface area contributed by atoms with Gasteiger partial charge in [0, 0.05) is 24.0 Å². The zero-order valence-electron chi connectivity index (χ0n) is 29.7. The number of hydrogen-bond acceptors (Lipinski definition) is 11. The van der Waals surface area contributed by atoms with Crippen LogP contribution in [0.25, 0.3) is 0 Å². The summed E-state index contributed by atoms with van der Waals surface area (Å²) < 4.78 is 34.5. The molecule has 12 heteroatoms. The summed E-state index contributed by atoms with van der Waals surface area (Å²) >= 11 is 0. The van der Waals surface area contributed by atoms with Crippen molar-refractivity contribution in [1.29, 1.82) is 0 Å². The second kappa shape index (κ2) is 15.5. The Kier molecular flexibility index (Phi) is 12.6. The molecule has 0 spiro atoms. The summed E-state index contributed by atoms with van der Waals surface area (Å²) in [6.07, 6.45) is -2.64. The van der Waals surface area contributed by atoms with E-state index in [0.717, 1.165) is 6.42 Å². The number of esters is 3. The highest BCUT2D eigenvalue weighted by Crippen LogP contribution is 2.45. The molecule has 2 fully saturated rings. The van der Waals surface area contributed by atoms with E-state index in [1.807, 2.05) is 27.7 Å². The fourth-order valence-electron chi connectivity index (χ4n) is 7.37. The van der Waals surface area contributed by atoms with Crippen molar-refractivity contribution in [3.8, 4) is 0 Å². The van der Waals surface area contributed by atoms with Crippen LogP contribution in [-0.4, -0.2) is 77.5 Å². The number of aliphatic carboxylic acids is 1. The molecule has 0 saturated carbocycles. The fourth-order valence-corrected chi connectivity index (χ4v) is 7.37. The molecule has 0 aromatic heterocycles. The summed E-state index contributed by atoms with van der Waals surface area (Å²) in [4.78, 5) is 62.3. The molecule has 12 nitrogen and oxygen atoms in total. The molecule has 3 atom stereocenters. The molecule has 2 saturated heterocycles. The highest BCUT2D eigenvalue weighted by Gasteiger charge is 2.51. The van der Waals surface area contributed by atoms with Crippen LogP contribution in [0.1, 0.15) is 123 Å². The Balaban J connectivity index is 1.68. The molecule has 2 aliphatic rings. The first-order valence-electron chi connectivity index (χ1n) is 16.5. The van der Waals surface area contributed by atoms with E-state index in [1.54, 1.807) is 31.2 Å². The molecule has 3 unspecified atom stereocenters. The van der Waals surface area contributed by atoms with E-state index >= 15 is 0 Å². The molecule has 0 amide bonds. The number of hydrogen-bond donors (Lipinski definition) is 1. The van der Waals surface area contributed by atoms with Crippen molar-refractivity contribution in [3.05, 3.63) is 35.4 Å². The first kappa shape index (κ1) is 39.1. The second-order valence-electron chi connectivity index (χ2n) is 15.6. The molecule has 2 heterocycles. The van der Waals surface area contributed by atoms with Crippen LogP contribution in [-0.2, 0) is 47.6 Å². The number of fused-ring (bicyclic) bond motifs is 1.